The zero-order valence-electron chi connectivity index (χ0n) is 43.5. The largest absolute Gasteiger partial charge is 0.462 e. The SMILES string of the molecule is CC1([C@@H]2CC[C@]3(C(=O)N4CCC(C(=O)CCCN5CCOCC5)CC4)CC[C@]4(C)[C@H](CC[C@@H]5[C@@]6(C)CC[C@H](OC(=O)[C@H]7C[C@@H](Cc8ccccc8)C7(C)C)C(C)(C)[C@@H]6CC[C@]54C)[C@@H]23)CC1.O=C=O. The summed E-state index contributed by atoms with van der Waals surface area (Å²) < 4.78 is 12.3. The van der Waals surface area contributed by atoms with Gasteiger partial charge in [0, 0.05) is 43.9 Å². The summed E-state index contributed by atoms with van der Waals surface area (Å²) in [7, 11) is 0. The van der Waals surface area contributed by atoms with Gasteiger partial charge in [0.1, 0.15) is 11.9 Å². The molecule has 7 aliphatic carbocycles. The van der Waals surface area contributed by atoms with Crippen molar-refractivity contribution in [2.45, 2.75) is 177 Å². The smallest absolute Gasteiger partial charge is 0.373 e. The van der Waals surface area contributed by atoms with E-state index in [2.05, 4.69) is 95.5 Å². The Balaban J connectivity index is 0.00000188. The summed E-state index contributed by atoms with van der Waals surface area (Å²) in [6.07, 6.45) is 19.7. The minimum atomic E-state index is -0.236. The summed E-state index contributed by atoms with van der Waals surface area (Å²) in [6, 6.07) is 10.8. The van der Waals surface area contributed by atoms with Gasteiger partial charge < -0.3 is 14.4 Å². The molecular weight excluding hydrogens is 849 g/mol. The average molecular weight is 937 g/mol. The Bertz CT molecular complexity index is 2040. The molecule has 376 valence electrons. The molecule has 68 heavy (non-hydrogen) atoms. The monoisotopic (exact) mass is 937 g/mol. The molecule has 2 saturated heterocycles. The molecule has 12 atom stereocenters. The first kappa shape index (κ1) is 50.1. The van der Waals surface area contributed by atoms with Gasteiger partial charge in [-0.15, -0.1) is 0 Å². The Morgan fingerprint density at radius 2 is 1.40 bits per heavy atom. The summed E-state index contributed by atoms with van der Waals surface area (Å²) in [4.78, 5) is 64.0. The van der Waals surface area contributed by atoms with Gasteiger partial charge in [0.15, 0.2) is 0 Å². The maximum Gasteiger partial charge on any atom is 0.373 e. The molecule has 2 aliphatic heterocycles. The van der Waals surface area contributed by atoms with Crippen LogP contribution in [0.4, 0.5) is 0 Å². The van der Waals surface area contributed by atoms with E-state index in [-0.39, 0.29) is 62.6 Å². The third-order valence-corrected chi connectivity index (χ3v) is 23.3. The number of amides is 1. The Hall–Kier alpha value is -2.87. The molecule has 10 rings (SSSR count). The lowest BCUT2D eigenvalue weighted by Crippen LogP contribution is -2.68. The van der Waals surface area contributed by atoms with Gasteiger partial charge in [0.05, 0.1) is 24.5 Å². The van der Waals surface area contributed by atoms with Gasteiger partial charge in [-0.05, 0) is 184 Å². The number of ketones is 1. The maximum absolute atomic E-state index is 15.4. The van der Waals surface area contributed by atoms with Crippen molar-refractivity contribution in [3.8, 4) is 0 Å². The lowest BCUT2D eigenvalue weighted by molar-refractivity contribution is -0.253. The fourth-order valence-corrected chi connectivity index (χ4v) is 18.6. The van der Waals surface area contributed by atoms with Crippen LogP contribution in [0.25, 0.3) is 0 Å². The maximum atomic E-state index is 15.4. The zero-order chi connectivity index (χ0) is 48.5. The summed E-state index contributed by atoms with van der Waals surface area (Å²) in [5, 5.41) is 0. The van der Waals surface area contributed by atoms with Crippen molar-refractivity contribution in [1.29, 1.82) is 0 Å². The Morgan fingerprint density at radius 1 is 0.706 bits per heavy atom. The van der Waals surface area contributed by atoms with Gasteiger partial charge in [-0.1, -0.05) is 85.7 Å². The fourth-order valence-electron chi connectivity index (χ4n) is 18.6. The van der Waals surface area contributed by atoms with E-state index < -0.39 is 0 Å². The molecule has 0 aromatic heterocycles. The summed E-state index contributed by atoms with van der Waals surface area (Å²) >= 11 is 0. The summed E-state index contributed by atoms with van der Waals surface area (Å²) in [5.41, 5.74) is 2.01. The molecule has 0 spiro atoms. The second-order valence-electron chi connectivity index (χ2n) is 26.6. The van der Waals surface area contributed by atoms with Crippen molar-refractivity contribution in [1.82, 2.24) is 9.80 Å². The van der Waals surface area contributed by atoms with E-state index in [1.54, 1.807) is 0 Å². The number of piperidine rings is 1. The molecule has 0 N–H and O–H groups in total. The van der Waals surface area contributed by atoms with Crippen LogP contribution in [0, 0.1) is 85.2 Å². The van der Waals surface area contributed by atoms with E-state index >= 15 is 4.79 Å². The molecule has 7 saturated carbocycles. The molecular formula is C59H88N2O7. The highest BCUT2D eigenvalue weighted by Gasteiger charge is 2.74. The number of hydrogen-bond donors (Lipinski definition) is 0. The number of ether oxygens (including phenoxy) is 2. The quantitative estimate of drug-likeness (QED) is 0.202. The molecule has 0 radical (unpaired) electrons. The molecule has 9 heteroatoms. The van der Waals surface area contributed by atoms with Crippen LogP contribution in [0.2, 0.25) is 0 Å². The van der Waals surface area contributed by atoms with Crippen LogP contribution in [-0.2, 0) is 39.9 Å². The molecule has 9 nitrogen and oxygen atoms in total. The Morgan fingerprint density at radius 3 is 2.06 bits per heavy atom. The van der Waals surface area contributed by atoms with Crippen LogP contribution in [0.3, 0.4) is 0 Å². The standard InChI is InChI=1S/C58H88N2O5.CO2/c1-52(2)41(37-39-13-10-9-11-14-39)38-44(52)50(62)65-48-20-23-55(6)46(53(48,3)4)19-24-57(8)47(55)17-16-43-49-42(54(5)26-27-54)18-25-58(49,29-28-56(43,57)7)51(63)60-31-21-40(22-32-60)45(61)15-12-30-59-33-35-64-36-34-59;2-1-3/h9-11,13-14,40-44,46-49H,12,15-38H2,1-8H3;/t41-,42-,43-,44-,46+,47-,48+,49-,55+,56-,57-,58+;/m1./s1. The number of benzene rings is 1. The molecule has 9 aliphatic rings. The minimum Gasteiger partial charge on any atom is -0.462 e. The van der Waals surface area contributed by atoms with Crippen LogP contribution < -0.4 is 0 Å². The van der Waals surface area contributed by atoms with Crippen LogP contribution >= 0.6 is 0 Å². The van der Waals surface area contributed by atoms with Gasteiger partial charge >= 0.3 is 12.1 Å². The summed E-state index contributed by atoms with van der Waals surface area (Å²) in [5.74, 6) is 4.41. The van der Waals surface area contributed by atoms with Gasteiger partial charge in [-0.2, -0.15) is 9.59 Å². The zero-order valence-corrected chi connectivity index (χ0v) is 43.5. The van der Waals surface area contributed by atoms with Crippen molar-refractivity contribution in [3.05, 3.63) is 35.9 Å². The number of likely N-dealkylation sites (tertiary alicyclic amines) is 1. The van der Waals surface area contributed by atoms with Crippen LogP contribution in [0.1, 0.15) is 170 Å². The molecule has 9 fully saturated rings. The van der Waals surface area contributed by atoms with Crippen molar-refractivity contribution in [3.63, 3.8) is 0 Å². The fraction of sp³-hybridized carbons (Fsp3) is 0.831. The van der Waals surface area contributed by atoms with E-state index in [1.165, 1.54) is 56.9 Å². The first-order valence-electron chi connectivity index (χ1n) is 27.6. The molecule has 1 aromatic carbocycles. The van der Waals surface area contributed by atoms with Gasteiger partial charge in [-0.25, -0.2) is 0 Å². The number of carbonyl (C=O) groups is 3. The van der Waals surface area contributed by atoms with E-state index in [0.29, 0.717) is 59.0 Å². The first-order valence-corrected chi connectivity index (χ1v) is 27.6. The number of fused-ring (bicyclic) bond motifs is 7. The van der Waals surface area contributed by atoms with Crippen molar-refractivity contribution in [2.75, 3.05) is 45.9 Å². The summed E-state index contributed by atoms with van der Waals surface area (Å²) in [6.45, 7) is 26.3. The Kier molecular flexibility index (Phi) is 13.7. The normalized spacial score (nSPS) is 41.1. The predicted octanol–water partition coefficient (Wildman–Crippen LogP) is 11.0. The topological polar surface area (TPSA) is 110 Å². The van der Waals surface area contributed by atoms with Crippen LogP contribution in [0.15, 0.2) is 30.3 Å². The lowest BCUT2D eigenvalue weighted by atomic mass is 9.32. The number of esters is 1. The number of hydrogen-bond acceptors (Lipinski definition) is 8. The second-order valence-corrected chi connectivity index (χ2v) is 26.6. The Labute approximate surface area is 409 Å². The highest BCUT2D eigenvalue weighted by Crippen LogP contribution is 2.79. The van der Waals surface area contributed by atoms with E-state index in [0.717, 1.165) is 104 Å². The van der Waals surface area contributed by atoms with Crippen molar-refractivity contribution in [2.24, 2.45) is 85.2 Å². The predicted molar refractivity (Wildman–Crippen MR) is 263 cm³/mol. The first-order chi connectivity index (χ1) is 32.3. The van der Waals surface area contributed by atoms with Gasteiger partial charge in [0.2, 0.25) is 5.91 Å². The van der Waals surface area contributed by atoms with Crippen LogP contribution in [0.5, 0.6) is 0 Å². The van der Waals surface area contributed by atoms with Gasteiger partial charge in [0.25, 0.3) is 0 Å². The van der Waals surface area contributed by atoms with Crippen molar-refractivity contribution >= 4 is 23.8 Å². The average Bonchev–Trinajstić information content (AvgIpc) is 3.94. The number of rotatable bonds is 11. The van der Waals surface area contributed by atoms with Gasteiger partial charge in [-0.3, -0.25) is 19.3 Å². The molecule has 1 aromatic rings. The molecule has 2 heterocycles. The van der Waals surface area contributed by atoms with Crippen LogP contribution in [-0.4, -0.2) is 85.7 Å². The number of Topliss-reactive ketones (excluding diaryl/α,β-unsaturated/α-hetero) is 1. The van der Waals surface area contributed by atoms with E-state index in [9.17, 15) is 9.59 Å². The molecule has 0 bridgehead atoms. The third kappa shape index (κ3) is 8.32. The molecule has 1 amide bonds. The highest BCUT2D eigenvalue weighted by atomic mass is 16.5. The number of carbonyl (C=O) groups excluding carboxylic acids is 5. The molecule has 0 unspecified atom stereocenters. The lowest BCUT2D eigenvalue weighted by Gasteiger charge is -2.73. The number of morpholine rings is 1. The minimum absolute atomic E-state index is 0.0234. The highest BCUT2D eigenvalue weighted by molar-refractivity contribution is 5.85. The second kappa shape index (κ2) is 18.6. The number of nitrogens with zero attached hydrogens (tertiary/aromatic N) is 2. The van der Waals surface area contributed by atoms with E-state index in [4.69, 9.17) is 19.1 Å². The van der Waals surface area contributed by atoms with Crippen molar-refractivity contribution < 1.29 is 33.4 Å². The van der Waals surface area contributed by atoms with E-state index in [1.807, 2.05) is 0 Å². The third-order valence-electron chi connectivity index (χ3n) is 23.3.